The van der Waals surface area contributed by atoms with Crippen molar-refractivity contribution in [2.75, 3.05) is 38.2 Å². The van der Waals surface area contributed by atoms with Crippen LogP contribution in [0.15, 0.2) is 47.4 Å². The number of anilines is 1. The summed E-state index contributed by atoms with van der Waals surface area (Å²) in [6.45, 7) is 0.866. The van der Waals surface area contributed by atoms with Gasteiger partial charge in [-0.2, -0.15) is 4.31 Å². The van der Waals surface area contributed by atoms with Crippen LogP contribution in [-0.4, -0.2) is 63.9 Å². The van der Waals surface area contributed by atoms with Gasteiger partial charge in [-0.05, 0) is 30.3 Å². The lowest BCUT2D eigenvalue weighted by molar-refractivity contribution is -0.918. The molecule has 2 aromatic carbocycles. The van der Waals surface area contributed by atoms with Gasteiger partial charge in [0.05, 0.1) is 45.4 Å². The molecule has 0 aliphatic carbocycles. The quantitative estimate of drug-likeness (QED) is 0.634. The Morgan fingerprint density at radius 1 is 1.12 bits per heavy atom. The molecule has 11 heteroatoms. The molecule has 0 bridgehead atoms. The van der Waals surface area contributed by atoms with Gasteiger partial charge in [0.1, 0.15) is 16.5 Å². The number of piperazine rings is 1. The monoisotopic (exact) mass is 482 g/mol. The molecule has 32 heavy (non-hydrogen) atoms. The molecule has 0 radical (unpaired) electrons. The summed E-state index contributed by atoms with van der Waals surface area (Å²) >= 11 is 6.05. The Balaban J connectivity index is 1.49. The van der Waals surface area contributed by atoms with Crippen LogP contribution in [0.25, 0.3) is 0 Å². The Morgan fingerprint density at radius 2 is 1.81 bits per heavy atom. The van der Waals surface area contributed by atoms with E-state index in [0.717, 1.165) is 15.9 Å². The molecule has 2 aromatic rings. The van der Waals surface area contributed by atoms with Crippen molar-refractivity contribution in [3.05, 3.63) is 53.3 Å². The molecule has 1 atom stereocenters. The Kier molecular flexibility index (Phi) is 6.22. The van der Waals surface area contributed by atoms with E-state index in [4.69, 9.17) is 16.3 Å². The highest BCUT2D eigenvalue weighted by Gasteiger charge is 2.48. The zero-order chi connectivity index (χ0) is 23.0. The molecule has 2 heterocycles. The van der Waals surface area contributed by atoms with Gasteiger partial charge < -0.3 is 9.64 Å². The zero-order valence-corrected chi connectivity index (χ0v) is 18.8. The second-order valence-electron chi connectivity index (χ2n) is 7.63. The summed E-state index contributed by atoms with van der Waals surface area (Å²) in [4.78, 5) is 27.4. The van der Waals surface area contributed by atoms with Gasteiger partial charge in [-0.3, -0.25) is 9.59 Å². The number of carbonyl (C=O) groups is 2. The normalized spacial score (nSPS) is 20.7. The van der Waals surface area contributed by atoms with E-state index in [2.05, 4.69) is 0 Å². The molecule has 1 N–H and O–H groups in total. The van der Waals surface area contributed by atoms with E-state index in [0.29, 0.717) is 23.9 Å². The SMILES string of the molecule is COc1ccc(Cl)cc1N1C(=O)C[C@H]([NH+]2CCN(S(=O)(=O)c3ccccc3F)CC2)C1=O. The van der Waals surface area contributed by atoms with Gasteiger partial charge in [0.2, 0.25) is 15.9 Å². The summed E-state index contributed by atoms with van der Waals surface area (Å²) in [6, 6.07) is 9.31. The minimum Gasteiger partial charge on any atom is -0.495 e. The van der Waals surface area contributed by atoms with Crippen LogP contribution in [-0.2, 0) is 19.6 Å². The molecule has 2 amide bonds. The molecule has 4 rings (SSSR count). The highest BCUT2D eigenvalue weighted by Crippen LogP contribution is 2.34. The number of methoxy groups -OCH3 is 1. The lowest BCUT2D eigenvalue weighted by Gasteiger charge is -2.33. The minimum absolute atomic E-state index is 0.00387. The topological polar surface area (TPSA) is 88.4 Å². The zero-order valence-electron chi connectivity index (χ0n) is 17.3. The van der Waals surface area contributed by atoms with Crippen LogP contribution < -0.4 is 14.5 Å². The van der Waals surface area contributed by atoms with Crippen molar-refractivity contribution in [1.29, 1.82) is 0 Å². The largest absolute Gasteiger partial charge is 0.495 e. The van der Waals surface area contributed by atoms with Crippen molar-refractivity contribution >= 4 is 39.1 Å². The lowest BCUT2D eigenvalue weighted by Crippen LogP contribution is -3.19. The molecule has 170 valence electrons. The van der Waals surface area contributed by atoms with Crippen LogP contribution in [0, 0.1) is 5.82 Å². The van der Waals surface area contributed by atoms with Crippen molar-refractivity contribution < 1.29 is 32.0 Å². The molecule has 0 aromatic heterocycles. The number of benzene rings is 2. The molecule has 8 nitrogen and oxygen atoms in total. The fraction of sp³-hybridized carbons (Fsp3) is 0.333. The van der Waals surface area contributed by atoms with Gasteiger partial charge in [-0.15, -0.1) is 0 Å². The predicted octanol–water partition coefficient (Wildman–Crippen LogP) is 0.709. The van der Waals surface area contributed by atoms with E-state index >= 15 is 0 Å². The van der Waals surface area contributed by atoms with Crippen LogP contribution in [0.1, 0.15) is 6.42 Å². The molecule has 0 unspecified atom stereocenters. The number of rotatable bonds is 5. The lowest BCUT2D eigenvalue weighted by atomic mass is 10.2. The van der Waals surface area contributed by atoms with E-state index in [-0.39, 0.29) is 41.9 Å². The van der Waals surface area contributed by atoms with Crippen molar-refractivity contribution in [2.45, 2.75) is 17.4 Å². The molecule has 2 saturated heterocycles. The number of amides is 2. The Labute approximate surface area is 190 Å². The minimum atomic E-state index is -3.98. The average Bonchev–Trinajstić information content (AvgIpc) is 3.07. The van der Waals surface area contributed by atoms with E-state index in [1.54, 1.807) is 12.1 Å². The number of hydrogen-bond acceptors (Lipinski definition) is 5. The molecule has 2 aliphatic heterocycles. The Bertz CT molecular complexity index is 1170. The maximum Gasteiger partial charge on any atom is 0.292 e. The fourth-order valence-electron chi connectivity index (χ4n) is 4.20. The summed E-state index contributed by atoms with van der Waals surface area (Å²) in [7, 11) is -2.54. The molecule has 2 aliphatic rings. The van der Waals surface area contributed by atoms with E-state index in [9.17, 15) is 22.4 Å². The van der Waals surface area contributed by atoms with Crippen molar-refractivity contribution in [3.63, 3.8) is 0 Å². The molecule has 0 spiro atoms. The predicted molar refractivity (Wildman–Crippen MR) is 115 cm³/mol. The van der Waals surface area contributed by atoms with Gasteiger partial charge >= 0.3 is 0 Å². The first kappa shape index (κ1) is 22.7. The number of carbonyl (C=O) groups excluding carboxylic acids is 2. The molecular weight excluding hydrogens is 461 g/mol. The first-order valence-electron chi connectivity index (χ1n) is 10.0. The third kappa shape index (κ3) is 3.99. The molecule has 0 saturated carbocycles. The van der Waals surface area contributed by atoms with Crippen molar-refractivity contribution in [1.82, 2.24) is 4.31 Å². The summed E-state index contributed by atoms with van der Waals surface area (Å²) in [5.41, 5.74) is 0.290. The number of halogens is 2. The third-order valence-electron chi connectivity index (χ3n) is 5.84. The van der Waals surface area contributed by atoms with Gasteiger partial charge in [-0.1, -0.05) is 23.7 Å². The average molecular weight is 483 g/mol. The first-order valence-corrected chi connectivity index (χ1v) is 11.9. The van der Waals surface area contributed by atoms with Gasteiger partial charge in [0, 0.05) is 5.02 Å². The number of nitrogens with zero attached hydrogens (tertiary/aromatic N) is 2. The van der Waals surface area contributed by atoms with E-state index < -0.39 is 21.9 Å². The Hall–Kier alpha value is -2.53. The van der Waals surface area contributed by atoms with Crippen LogP contribution in [0.4, 0.5) is 10.1 Å². The number of quaternary nitrogens is 1. The van der Waals surface area contributed by atoms with Crippen LogP contribution in [0.2, 0.25) is 5.02 Å². The molecule has 2 fully saturated rings. The highest BCUT2D eigenvalue weighted by atomic mass is 35.5. The smallest absolute Gasteiger partial charge is 0.292 e. The number of hydrogen-bond donors (Lipinski definition) is 1. The summed E-state index contributed by atoms with van der Waals surface area (Å²) < 4.78 is 46.2. The molecular formula is C21H22ClFN3O5S+. The third-order valence-corrected chi connectivity index (χ3v) is 8.01. The van der Waals surface area contributed by atoms with Crippen LogP contribution in [0.5, 0.6) is 5.75 Å². The van der Waals surface area contributed by atoms with Gasteiger partial charge in [0.15, 0.2) is 6.04 Å². The van der Waals surface area contributed by atoms with E-state index in [1.165, 1.54) is 35.7 Å². The van der Waals surface area contributed by atoms with Crippen LogP contribution in [0.3, 0.4) is 0 Å². The van der Waals surface area contributed by atoms with Gasteiger partial charge in [-0.25, -0.2) is 17.7 Å². The van der Waals surface area contributed by atoms with Crippen molar-refractivity contribution in [2.24, 2.45) is 0 Å². The van der Waals surface area contributed by atoms with Crippen LogP contribution >= 0.6 is 11.6 Å². The van der Waals surface area contributed by atoms with Gasteiger partial charge in [0.25, 0.3) is 5.91 Å². The first-order chi connectivity index (χ1) is 15.2. The summed E-state index contributed by atoms with van der Waals surface area (Å²) in [6.07, 6.45) is 0.00387. The number of ether oxygens (including phenoxy) is 1. The standard InChI is InChI=1S/C21H21ClFN3O5S/c1-31-18-7-6-14(22)12-16(18)26-20(27)13-17(21(26)28)24-8-10-25(11-9-24)32(29,30)19-5-3-2-4-15(19)23/h2-7,12,17H,8-11,13H2,1H3/p+1/t17-/m0/s1. The fourth-order valence-corrected chi connectivity index (χ4v) is 5.87. The number of nitrogens with one attached hydrogen (secondary N) is 1. The number of sulfonamides is 1. The number of imide groups is 1. The highest BCUT2D eigenvalue weighted by molar-refractivity contribution is 7.89. The second-order valence-corrected chi connectivity index (χ2v) is 9.98. The van der Waals surface area contributed by atoms with Crippen molar-refractivity contribution in [3.8, 4) is 5.75 Å². The summed E-state index contributed by atoms with van der Waals surface area (Å²) in [5, 5.41) is 0.365. The maximum atomic E-state index is 14.0. The van der Waals surface area contributed by atoms with E-state index in [1.807, 2.05) is 0 Å². The Morgan fingerprint density at radius 3 is 2.47 bits per heavy atom. The summed E-state index contributed by atoms with van der Waals surface area (Å²) in [5.74, 6) is -1.19. The maximum absolute atomic E-state index is 14.0. The second kappa shape index (κ2) is 8.78.